The van der Waals surface area contributed by atoms with E-state index in [-0.39, 0.29) is 5.82 Å². The molecule has 1 N–H and O–H groups in total. The van der Waals surface area contributed by atoms with Crippen LogP contribution in [0, 0.1) is 5.82 Å². The summed E-state index contributed by atoms with van der Waals surface area (Å²) in [5, 5.41) is 15.3. The summed E-state index contributed by atoms with van der Waals surface area (Å²) in [5.74, 6) is 0.728. The quantitative estimate of drug-likeness (QED) is 0.753. The Morgan fingerprint density at radius 2 is 2.12 bits per heavy atom. The zero-order chi connectivity index (χ0) is 18.1. The summed E-state index contributed by atoms with van der Waals surface area (Å²) in [7, 11) is 0. The molecule has 0 bridgehead atoms. The summed E-state index contributed by atoms with van der Waals surface area (Å²) < 4.78 is 21.3. The highest BCUT2D eigenvalue weighted by atomic mass is 35.5. The van der Waals surface area contributed by atoms with E-state index in [2.05, 4.69) is 20.8 Å². The van der Waals surface area contributed by atoms with Crippen LogP contribution in [0.25, 0.3) is 5.70 Å². The number of nitrogens with one attached hydrogen (secondary N) is 1. The number of anilines is 1. The molecule has 8 heteroatoms. The second-order valence-corrected chi connectivity index (χ2v) is 6.10. The first-order chi connectivity index (χ1) is 12.7. The molecular weight excluding hydrogens is 357 g/mol. The van der Waals surface area contributed by atoms with Crippen molar-refractivity contribution >= 4 is 23.2 Å². The Kier molecular flexibility index (Phi) is 4.30. The summed E-state index contributed by atoms with van der Waals surface area (Å²) in [6.07, 6.45) is 1.87. The van der Waals surface area contributed by atoms with Gasteiger partial charge in [0.15, 0.2) is 0 Å². The van der Waals surface area contributed by atoms with Gasteiger partial charge in [-0.2, -0.15) is 4.68 Å². The van der Waals surface area contributed by atoms with Gasteiger partial charge in [-0.3, -0.25) is 0 Å². The van der Waals surface area contributed by atoms with Gasteiger partial charge in [0, 0.05) is 11.3 Å². The molecular formula is C18H15ClFN5O. The largest absolute Gasteiger partial charge is 0.492 e. The summed E-state index contributed by atoms with van der Waals surface area (Å²) in [6.45, 7) is 2.43. The highest BCUT2D eigenvalue weighted by molar-refractivity contribution is 6.32. The van der Waals surface area contributed by atoms with E-state index in [4.69, 9.17) is 16.3 Å². The average molecular weight is 372 g/mol. The van der Waals surface area contributed by atoms with Crippen LogP contribution in [0.1, 0.15) is 24.1 Å². The van der Waals surface area contributed by atoms with Gasteiger partial charge in [0.25, 0.3) is 0 Å². The van der Waals surface area contributed by atoms with Crippen LogP contribution in [0.2, 0.25) is 5.02 Å². The van der Waals surface area contributed by atoms with Gasteiger partial charge in [0.05, 0.1) is 11.6 Å². The van der Waals surface area contributed by atoms with E-state index >= 15 is 0 Å². The fourth-order valence-electron chi connectivity index (χ4n) is 2.90. The molecule has 1 aliphatic rings. The van der Waals surface area contributed by atoms with Crippen molar-refractivity contribution < 1.29 is 9.13 Å². The number of nitrogens with zero attached hydrogens (tertiary/aromatic N) is 4. The molecule has 0 aliphatic carbocycles. The number of hydrogen-bond donors (Lipinski definition) is 1. The minimum absolute atomic E-state index is 0.318. The van der Waals surface area contributed by atoms with Crippen LogP contribution in [0.3, 0.4) is 0 Å². The number of tetrazole rings is 1. The number of halogens is 2. The van der Waals surface area contributed by atoms with E-state index in [9.17, 15) is 4.39 Å². The van der Waals surface area contributed by atoms with E-state index < -0.39 is 6.04 Å². The molecule has 0 amide bonds. The molecule has 4 rings (SSSR count). The predicted molar refractivity (Wildman–Crippen MR) is 96.6 cm³/mol. The number of hydrogen-bond acceptors (Lipinski definition) is 5. The zero-order valence-corrected chi connectivity index (χ0v) is 14.6. The number of aromatic nitrogens is 4. The number of allylic oxidation sites excluding steroid dienone is 1. The van der Waals surface area contributed by atoms with E-state index in [0.717, 1.165) is 11.3 Å². The van der Waals surface area contributed by atoms with E-state index in [1.165, 1.54) is 10.7 Å². The lowest BCUT2D eigenvalue weighted by Crippen LogP contribution is -2.21. The maximum Gasteiger partial charge on any atom is 0.248 e. The molecule has 0 saturated carbocycles. The molecule has 1 atom stereocenters. The fourth-order valence-corrected chi connectivity index (χ4v) is 3.13. The molecule has 6 nitrogen and oxygen atoms in total. The lowest BCUT2D eigenvalue weighted by atomic mass is 10.0. The van der Waals surface area contributed by atoms with Crippen LogP contribution in [-0.2, 0) is 0 Å². The van der Waals surface area contributed by atoms with Crippen molar-refractivity contribution in [3.05, 3.63) is 70.5 Å². The Labute approximate surface area is 154 Å². The second kappa shape index (κ2) is 6.76. The first-order valence-corrected chi connectivity index (χ1v) is 8.49. The molecule has 1 aliphatic heterocycles. The van der Waals surface area contributed by atoms with Crippen LogP contribution in [0.5, 0.6) is 5.75 Å². The Morgan fingerprint density at radius 1 is 1.27 bits per heavy atom. The van der Waals surface area contributed by atoms with Crippen LogP contribution < -0.4 is 10.1 Å². The summed E-state index contributed by atoms with van der Waals surface area (Å²) in [6, 6.07) is 11.6. The van der Waals surface area contributed by atoms with Crippen molar-refractivity contribution in [3.8, 4) is 5.75 Å². The summed E-state index contributed by atoms with van der Waals surface area (Å²) >= 11 is 6.30. The molecule has 2 heterocycles. The van der Waals surface area contributed by atoms with Gasteiger partial charge in [0.1, 0.15) is 17.6 Å². The molecule has 2 aromatic carbocycles. The van der Waals surface area contributed by atoms with Crippen molar-refractivity contribution in [2.75, 3.05) is 11.9 Å². The van der Waals surface area contributed by atoms with Gasteiger partial charge in [-0.15, -0.1) is 0 Å². The molecule has 0 unspecified atom stereocenters. The zero-order valence-electron chi connectivity index (χ0n) is 13.9. The minimum Gasteiger partial charge on any atom is -0.492 e. The number of ether oxygens (including phenoxy) is 1. The highest BCUT2D eigenvalue weighted by Crippen LogP contribution is 2.35. The third-order valence-corrected chi connectivity index (χ3v) is 4.39. The van der Waals surface area contributed by atoms with Gasteiger partial charge < -0.3 is 10.1 Å². The molecule has 132 valence electrons. The first-order valence-electron chi connectivity index (χ1n) is 8.11. The lowest BCUT2D eigenvalue weighted by molar-refractivity contribution is 0.340. The van der Waals surface area contributed by atoms with Crippen molar-refractivity contribution in [1.29, 1.82) is 0 Å². The normalized spacial score (nSPS) is 15.8. The Hall–Kier alpha value is -2.93. The van der Waals surface area contributed by atoms with E-state index in [1.807, 2.05) is 19.1 Å². The van der Waals surface area contributed by atoms with Crippen LogP contribution in [0.4, 0.5) is 10.3 Å². The Morgan fingerprint density at radius 3 is 2.88 bits per heavy atom. The monoisotopic (exact) mass is 371 g/mol. The van der Waals surface area contributed by atoms with Gasteiger partial charge in [-0.25, -0.2) is 4.39 Å². The van der Waals surface area contributed by atoms with Crippen molar-refractivity contribution in [3.63, 3.8) is 0 Å². The van der Waals surface area contributed by atoms with Crippen LogP contribution >= 0.6 is 11.6 Å². The van der Waals surface area contributed by atoms with Gasteiger partial charge >= 0.3 is 0 Å². The second-order valence-electron chi connectivity index (χ2n) is 5.70. The van der Waals surface area contributed by atoms with Crippen molar-refractivity contribution in [1.82, 2.24) is 20.2 Å². The first kappa shape index (κ1) is 16.5. The Bertz CT molecular complexity index is 987. The predicted octanol–water partition coefficient (Wildman–Crippen LogP) is 3.92. The van der Waals surface area contributed by atoms with E-state index in [1.54, 1.807) is 30.3 Å². The lowest BCUT2D eigenvalue weighted by Gasteiger charge is -2.24. The third-order valence-electron chi connectivity index (χ3n) is 4.09. The van der Waals surface area contributed by atoms with Gasteiger partial charge in [0.2, 0.25) is 5.95 Å². The maximum atomic E-state index is 14.3. The molecule has 0 spiro atoms. The van der Waals surface area contributed by atoms with Gasteiger partial charge in [-0.05, 0) is 53.3 Å². The molecule has 0 saturated heterocycles. The van der Waals surface area contributed by atoms with Crippen LogP contribution in [-0.4, -0.2) is 26.8 Å². The van der Waals surface area contributed by atoms with Crippen molar-refractivity contribution in [2.24, 2.45) is 0 Å². The van der Waals surface area contributed by atoms with Crippen LogP contribution in [0.15, 0.2) is 48.5 Å². The summed E-state index contributed by atoms with van der Waals surface area (Å²) in [5.41, 5.74) is 2.05. The molecule has 0 fully saturated rings. The van der Waals surface area contributed by atoms with Gasteiger partial charge in [-0.1, -0.05) is 34.9 Å². The average Bonchev–Trinajstić information content (AvgIpc) is 3.12. The molecule has 1 aromatic heterocycles. The number of rotatable bonds is 4. The number of benzene rings is 2. The SMILES string of the molecule is CCOc1ccc(C2=C[C@H](c3ccccc3F)n3nnnc3N2)cc1Cl. The molecule has 26 heavy (non-hydrogen) atoms. The summed E-state index contributed by atoms with van der Waals surface area (Å²) in [4.78, 5) is 0. The Balaban J connectivity index is 1.78. The maximum absolute atomic E-state index is 14.3. The van der Waals surface area contributed by atoms with Crippen molar-refractivity contribution in [2.45, 2.75) is 13.0 Å². The fraction of sp³-hybridized carbons (Fsp3) is 0.167. The topological polar surface area (TPSA) is 64.9 Å². The highest BCUT2D eigenvalue weighted by Gasteiger charge is 2.26. The molecule has 3 aromatic rings. The standard InChI is InChI=1S/C18H15ClFN5O/c1-2-26-17-8-7-11(9-13(17)19)15-10-16(12-5-3-4-6-14(12)20)25-18(21-15)22-23-24-25/h3-10,16H,2H2,1H3,(H,21,22,24)/t16-/m1/s1. The third kappa shape index (κ3) is 2.90. The smallest absolute Gasteiger partial charge is 0.248 e. The number of fused-ring (bicyclic) bond motifs is 1. The molecule has 0 radical (unpaired) electrons. The minimum atomic E-state index is -0.470. The van der Waals surface area contributed by atoms with E-state index in [0.29, 0.717) is 28.9 Å².